The highest BCUT2D eigenvalue weighted by Crippen LogP contribution is 2.46. The van der Waals surface area contributed by atoms with E-state index in [4.69, 9.17) is 14.2 Å². The molecular formula is C30H36N2O3. The maximum atomic E-state index is 6.41. The summed E-state index contributed by atoms with van der Waals surface area (Å²) >= 11 is 0. The van der Waals surface area contributed by atoms with E-state index < -0.39 is 0 Å². The zero-order valence-corrected chi connectivity index (χ0v) is 21.6. The number of fused-ring (bicyclic) bond motifs is 1. The van der Waals surface area contributed by atoms with Gasteiger partial charge in [-0.25, -0.2) is 0 Å². The van der Waals surface area contributed by atoms with Crippen LogP contribution in [0.5, 0.6) is 11.5 Å². The van der Waals surface area contributed by atoms with Crippen LogP contribution in [0.2, 0.25) is 0 Å². The lowest BCUT2D eigenvalue weighted by Crippen LogP contribution is -2.47. The lowest BCUT2D eigenvalue weighted by molar-refractivity contribution is 0.0261. The molecule has 2 aliphatic rings. The van der Waals surface area contributed by atoms with Crippen LogP contribution < -0.4 is 19.3 Å². The summed E-state index contributed by atoms with van der Waals surface area (Å²) in [5, 5.41) is 0. The van der Waals surface area contributed by atoms with Crippen LogP contribution in [-0.2, 0) is 11.3 Å². The van der Waals surface area contributed by atoms with Crippen molar-refractivity contribution >= 4 is 11.4 Å². The molecule has 0 saturated carbocycles. The lowest BCUT2D eigenvalue weighted by Gasteiger charge is -2.39. The van der Waals surface area contributed by atoms with Gasteiger partial charge in [0.15, 0.2) is 0 Å². The molecular weight excluding hydrogens is 436 g/mol. The Hall–Kier alpha value is -3.18. The zero-order chi connectivity index (χ0) is 24.5. The van der Waals surface area contributed by atoms with Gasteiger partial charge in [-0.3, -0.25) is 0 Å². The summed E-state index contributed by atoms with van der Waals surface area (Å²) in [6, 6.07) is 16.9. The fraction of sp³-hybridized carbons (Fsp3) is 0.400. The molecule has 35 heavy (non-hydrogen) atoms. The molecule has 0 N–H and O–H groups in total. The number of rotatable bonds is 6. The molecule has 5 heteroatoms. The second-order valence-electron chi connectivity index (χ2n) is 9.73. The van der Waals surface area contributed by atoms with Crippen molar-refractivity contribution in [2.75, 3.05) is 49.7 Å². The summed E-state index contributed by atoms with van der Waals surface area (Å²) in [4.78, 5) is 5.00. The van der Waals surface area contributed by atoms with Crippen molar-refractivity contribution in [3.8, 4) is 11.5 Å². The van der Waals surface area contributed by atoms with Crippen molar-refractivity contribution in [3.05, 3.63) is 81.9 Å². The van der Waals surface area contributed by atoms with Crippen LogP contribution >= 0.6 is 0 Å². The van der Waals surface area contributed by atoms with Gasteiger partial charge < -0.3 is 24.0 Å². The van der Waals surface area contributed by atoms with Gasteiger partial charge >= 0.3 is 0 Å². The number of piperazine rings is 1. The van der Waals surface area contributed by atoms with Gasteiger partial charge in [-0.1, -0.05) is 29.8 Å². The molecule has 3 aromatic rings. The molecule has 0 aromatic heterocycles. The maximum Gasteiger partial charge on any atom is 0.128 e. The molecule has 0 amide bonds. The van der Waals surface area contributed by atoms with E-state index in [0.29, 0.717) is 13.2 Å². The molecule has 0 radical (unpaired) electrons. The average molecular weight is 473 g/mol. The number of anilines is 2. The van der Waals surface area contributed by atoms with Gasteiger partial charge in [0.1, 0.15) is 24.2 Å². The quantitative estimate of drug-likeness (QED) is 0.446. The van der Waals surface area contributed by atoms with E-state index in [1.54, 1.807) is 7.11 Å². The zero-order valence-electron chi connectivity index (χ0n) is 21.6. The first-order valence-corrected chi connectivity index (χ1v) is 12.5. The summed E-state index contributed by atoms with van der Waals surface area (Å²) in [7, 11) is 1.71. The van der Waals surface area contributed by atoms with E-state index in [2.05, 4.69) is 73.9 Å². The predicted octanol–water partition coefficient (Wildman–Crippen LogP) is 5.91. The normalized spacial score (nSPS) is 17.3. The van der Waals surface area contributed by atoms with Crippen molar-refractivity contribution < 1.29 is 14.2 Å². The second kappa shape index (κ2) is 9.82. The van der Waals surface area contributed by atoms with Gasteiger partial charge in [0.25, 0.3) is 0 Å². The molecule has 2 aliphatic heterocycles. The minimum absolute atomic E-state index is 0.0371. The monoisotopic (exact) mass is 472 g/mol. The van der Waals surface area contributed by atoms with E-state index in [9.17, 15) is 0 Å². The van der Waals surface area contributed by atoms with Crippen molar-refractivity contribution in [1.29, 1.82) is 0 Å². The highest BCUT2D eigenvalue weighted by atomic mass is 16.5. The smallest absolute Gasteiger partial charge is 0.128 e. The first-order valence-electron chi connectivity index (χ1n) is 12.5. The van der Waals surface area contributed by atoms with Crippen LogP contribution in [0, 0.1) is 27.7 Å². The first-order chi connectivity index (χ1) is 17.0. The largest absolute Gasteiger partial charge is 0.497 e. The molecule has 3 aromatic carbocycles. The summed E-state index contributed by atoms with van der Waals surface area (Å²) in [5.74, 6) is 1.92. The van der Waals surface area contributed by atoms with Crippen LogP contribution in [0.1, 0.15) is 39.5 Å². The Morgan fingerprint density at radius 2 is 1.46 bits per heavy atom. The predicted molar refractivity (Wildman–Crippen MR) is 142 cm³/mol. The van der Waals surface area contributed by atoms with Gasteiger partial charge in [0.2, 0.25) is 0 Å². The number of hydrogen-bond donors (Lipinski definition) is 0. The number of methoxy groups -OCH3 is 1. The molecule has 5 nitrogen and oxygen atoms in total. The van der Waals surface area contributed by atoms with Crippen LogP contribution in [0.25, 0.3) is 0 Å². The fourth-order valence-electron chi connectivity index (χ4n) is 5.41. The van der Waals surface area contributed by atoms with E-state index >= 15 is 0 Å². The van der Waals surface area contributed by atoms with E-state index in [1.165, 1.54) is 44.8 Å². The Kier molecular flexibility index (Phi) is 6.61. The minimum Gasteiger partial charge on any atom is -0.497 e. The fourth-order valence-corrected chi connectivity index (χ4v) is 5.41. The molecule has 2 heterocycles. The van der Waals surface area contributed by atoms with Crippen molar-refractivity contribution in [2.45, 2.75) is 40.4 Å². The summed E-state index contributed by atoms with van der Waals surface area (Å²) < 4.78 is 17.9. The molecule has 1 unspecified atom stereocenters. The lowest BCUT2D eigenvalue weighted by atomic mass is 9.93. The third-order valence-electron chi connectivity index (χ3n) is 7.57. The first kappa shape index (κ1) is 23.6. The third-order valence-corrected chi connectivity index (χ3v) is 7.57. The topological polar surface area (TPSA) is 34.2 Å². The SMILES string of the molecule is COc1ccc(N2CCN(c3c(C)c(C)c4c(c3C)C(OCc3ccc(C)cc3)CO4)CC2)cc1. The molecule has 1 atom stereocenters. The molecule has 0 bridgehead atoms. The summed E-state index contributed by atoms with van der Waals surface area (Å²) in [6.45, 7) is 13.9. The van der Waals surface area contributed by atoms with Crippen LogP contribution in [-0.4, -0.2) is 39.9 Å². The van der Waals surface area contributed by atoms with E-state index in [1.807, 2.05) is 12.1 Å². The van der Waals surface area contributed by atoms with Gasteiger partial charge in [-0.05, 0) is 74.2 Å². The average Bonchev–Trinajstić information content (AvgIpc) is 3.32. The highest BCUT2D eigenvalue weighted by Gasteiger charge is 2.33. The summed E-state index contributed by atoms with van der Waals surface area (Å²) in [5.41, 5.74) is 10.1. The Bertz CT molecular complexity index is 1180. The second-order valence-corrected chi connectivity index (χ2v) is 9.73. The summed E-state index contributed by atoms with van der Waals surface area (Å²) in [6.07, 6.45) is -0.0371. The van der Waals surface area contributed by atoms with E-state index in [-0.39, 0.29) is 6.10 Å². The number of benzene rings is 3. The van der Waals surface area contributed by atoms with Crippen molar-refractivity contribution in [2.24, 2.45) is 0 Å². The van der Waals surface area contributed by atoms with E-state index in [0.717, 1.165) is 37.7 Å². The Morgan fingerprint density at radius 3 is 2.11 bits per heavy atom. The highest BCUT2D eigenvalue weighted by molar-refractivity contribution is 5.70. The number of hydrogen-bond acceptors (Lipinski definition) is 5. The number of aryl methyl sites for hydroxylation is 1. The molecule has 0 spiro atoms. The standard InChI is InChI=1S/C30H36N2O3/c1-20-6-8-24(9-7-20)18-34-27-19-35-30-22(3)21(2)29(23(4)28(27)30)32-16-14-31(15-17-32)25-10-12-26(33-5)13-11-25/h6-13,27H,14-19H2,1-5H3. The van der Waals surface area contributed by atoms with Gasteiger partial charge in [-0.2, -0.15) is 0 Å². The Morgan fingerprint density at radius 1 is 0.800 bits per heavy atom. The van der Waals surface area contributed by atoms with Crippen molar-refractivity contribution in [3.63, 3.8) is 0 Å². The third kappa shape index (κ3) is 4.57. The van der Waals surface area contributed by atoms with Gasteiger partial charge in [0.05, 0.1) is 13.7 Å². The van der Waals surface area contributed by atoms with Gasteiger partial charge in [-0.15, -0.1) is 0 Å². The number of nitrogens with zero attached hydrogens (tertiary/aromatic N) is 2. The Balaban J connectivity index is 1.34. The molecule has 1 saturated heterocycles. The van der Waals surface area contributed by atoms with Crippen LogP contribution in [0.15, 0.2) is 48.5 Å². The minimum atomic E-state index is -0.0371. The molecule has 0 aliphatic carbocycles. The van der Waals surface area contributed by atoms with Crippen LogP contribution in [0.3, 0.4) is 0 Å². The molecule has 184 valence electrons. The number of ether oxygens (including phenoxy) is 3. The van der Waals surface area contributed by atoms with Gasteiger partial charge in [0, 0.05) is 43.1 Å². The maximum absolute atomic E-state index is 6.41. The Labute approximate surface area is 209 Å². The molecule has 5 rings (SSSR count). The van der Waals surface area contributed by atoms with Crippen LogP contribution in [0.4, 0.5) is 11.4 Å². The van der Waals surface area contributed by atoms with Crippen molar-refractivity contribution in [1.82, 2.24) is 0 Å². The molecule has 1 fully saturated rings.